The van der Waals surface area contributed by atoms with Gasteiger partial charge in [-0.3, -0.25) is 0 Å². The van der Waals surface area contributed by atoms with Crippen LogP contribution in [0.1, 0.15) is 32.4 Å². The molecule has 6 heteroatoms. The van der Waals surface area contributed by atoms with Crippen molar-refractivity contribution >= 4 is 11.2 Å². The first-order valence-corrected chi connectivity index (χ1v) is 6.06. The van der Waals surface area contributed by atoms with E-state index >= 15 is 0 Å². The molecule has 2 aromatic heterocycles. The van der Waals surface area contributed by atoms with Gasteiger partial charge in [-0.25, -0.2) is 19.0 Å². The van der Waals surface area contributed by atoms with E-state index in [1.54, 1.807) is 19.3 Å². The molecule has 0 fully saturated rings. The van der Waals surface area contributed by atoms with Crippen LogP contribution in [0.5, 0.6) is 0 Å². The number of fused-ring (bicyclic) bond motifs is 1. The average Bonchev–Trinajstić information content (AvgIpc) is 2.72. The van der Waals surface area contributed by atoms with Gasteiger partial charge in [-0.05, 0) is 12.8 Å². The predicted octanol–water partition coefficient (Wildman–Crippen LogP) is 2.28. The fraction of sp³-hybridized carbons (Fsp3) is 0.583. The summed E-state index contributed by atoms with van der Waals surface area (Å²) in [5.41, 5.74) is 2.18. The first-order chi connectivity index (χ1) is 8.61. The van der Waals surface area contributed by atoms with Crippen molar-refractivity contribution < 1.29 is 9.13 Å². The van der Waals surface area contributed by atoms with Gasteiger partial charge in [0.25, 0.3) is 0 Å². The Morgan fingerprint density at radius 2 is 2.17 bits per heavy atom. The smallest absolute Gasteiger partial charge is 0.218 e. The van der Waals surface area contributed by atoms with Crippen molar-refractivity contribution in [1.82, 2.24) is 19.7 Å². The summed E-state index contributed by atoms with van der Waals surface area (Å²) >= 11 is 0. The van der Waals surface area contributed by atoms with Crippen molar-refractivity contribution in [2.24, 2.45) is 0 Å². The molecule has 5 nitrogen and oxygen atoms in total. The van der Waals surface area contributed by atoms with Gasteiger partial charge >= 0.3 is 0 Å². The predicted molar refractivity (Wildman–Crippen MR) is 65.9 cm³/mol. The second kappa shape index (κ2) is 5.39. The Morgan fingerprint density at radius 1 is 1.39 bits per heavy atom. The number of alkyl halides is 1. The van der Waals surface area contributed by atoms with Crippen LogP contribution in [-0.4, -0.2) is 32.7 Å². The summed E-state index contributed by atoms with van der Waals surface area (Å²) < 4.78 is 19.7. The monoisotopic (exact) mass is 252 g/mol. The van der Waals surface area contributed by atoms with Crippen LogP contribution >= 0.6 is 0 Å². The van der Waals surface area contributed by atoms with Crippen LogP contribution in [0.4, 0.5) is 4.39 Å². The molecule has 2 rings (SSSR count). The number of ether oxygens (including phenoxy) is 1. The Morgan fingerprint density at radius 3 is 2.83 bits per heavy atom. The van der Waals surface area contributed by atoms with Crippen LogP contribution in [0, 0.1) is 0 Å². The van der Waals surface area contributed by atoms with Crippen LogP contribution in [0.2, 0.25) is 0 Å². The average molecular weight is 252 g/mol. The van der Waals surface area contributed by atoms with Crippen LogP contribution in [0.3, 0.4) is 0 Å². The van der Waals surface area contributed by atoms with Gasteiger partial charge in [-0.1, -0.05) is 13.8 Å². The summed E-state index contributed by atoms with van der Waals surface area (Å²) in [6.45, 7) is 6.22. The van der Waals surface area contributed by atoms with Gasteiger partial charge in [0.2, 0.25) is 6.36 Å². The van der Waals surface area contributed by atoms with E-state index in [4.69, 9.17) is 4.74 Å². The molecule has 98 valence electrons. The van der Waals surface area contributed by atoms with Gasteiger partial charge in [0.15, 0.2) is 5.65 Å². The van der Waals surface area contributed by atoms with Gasteiger partial charge in [0, 0.05) is 6.61 Å². The van der Waals surface area contributed by atoms with Gasteiger partial charge in [-0.15, -0.1) is 0 Å². The van der Waals surface area contributed by atoms with E-state index in [2.05, 4.69) is 15.1 Å². The minimum atomic E-state index is -1.37. The van der Waals surface area contributed by atoms with Crippen LogP contribution < -0.4 is 0 Å². The maximum absolute atomic E-state index is 13.4. The molecule has 2 heterocycles. The topological polar surface area (TPSA) is 52.8 Å². The lowest BCUT2D eigenvalue weighted by atomic mass is 10.1. The highest BCUT2D eigenvalue weighted by Gasteiger charge is 2.13. The zero-order valence-corrected chi connectivity index (χ0v) is 10.8. The lowest BCUT2D eigenvalue weighted by Crippen LogP contribution is -2.16. The molecule has 0 spiro atoms. The Labute approximate surface area is 105 Å². The molecule has 0 radical (unpaired) electrons. The highest BCUT2D eigenvalue weighted by molar-refractivity contribution is 5.69. The maximum Gasteiger partial charge on any atom is 0.218 e. The molecule has 18 heavy (non-hydrogen) atoms. The van der Waals surface area contributed by atoms with Gasteiger partial charge in [-0.2, -0.15) is 5.10 Å². The Bertz CT molecular complexity index is 526. The molecule has 0 aromatic carbocycles. The van der Waals surface area contributed by atoms with Crippen molar-refractivity contribution in [2.75, 3.05) is 6.61 Å². The summed E-state index contributed by atoms with van der Waals surface area (Å²) in [5.74, 6) is 0.308. The number of hydrogen-bond acceptors (Lipinski definition) is 4. The number of rotatable bonds is 5. The second-order valence-electron chi connectivity index (χ2n) is 4.35. The second-order valence-corrected chi connectivity index (χ2v) is 4.35. The molecule has 0 bridgehead atoms. The highest BCUT2D eigenvalue weighted by atomic mass is 19.1. The van der Waals surface area contributed by atoms with Crippen LogP contribution in [-0.2, 0) is 11.3 Å². The minimum Gasteiger partial charge on any atom is -0.347 e. The first kappa shape index (κ1) is 12.9. The molecular formula is C12H17FN4O. The molecule has 0 aliphatic rings. The van der Waals surface area contributed by atoms with Crippen molar-refractivity contribution in [3.05, 3.63) is 18.1 Å². The lowest BCUT2D eigenvalue weighted by molar-refractivity contribution is -0.0440. The number of aromatic nitrogens is 4. The van der Waals surface area contributed by atoms with E-state index < -0.39 is 6.36 Å². The fourth-order valence-corrected chi connectivity index (χ4v) is 1.66. The molecular weight excluding hydrogens is 235 g/mol. The largest absolute Gasteiger partial charge is 0.347 e. The Hall–Kier alpha value is -1.56. The molecule has 2 aromatic rings. The molecule has 0 aliphatic carbocycles. The number of hydrogen-bond donors (Lipinski definition) is 0. The fourth-order valence-electron chi connectivity index (χ4n) is 1.66. The normalized spacial score (nSPS) is 13.4. The summed E-state index contributed by atoms with van der Waals surface area (Å²) in [6.07, 6.45) is 1.94. The van der Waals surface area contributed by atoms with Crippen LogP contribution in [0.15, 0.2) is 12.4 Å². The van der Waals surface area contributed by atoms with Gasteiger partial charge < -0.3 is 4.74 Å². The van der Waals surface area contributed by atoms with Crippen LogP contribution in [0.25, 0.3) is 11.2 Å². The molecule has 0 saturated heterocycles. The van der Waals surface area contributed by atoms with Crippen molar-refractivity contribution in [1.29, 1.82) is 0 Å². The third kappa shape index (κ3) is 2.64. The quantitative estimate of drug-likeness (QED) is 0.819. The molecule has 0 amide bonds. The van der Waals surface area contributed by atoms with E-state index in [9.17, 15) is 4.39 Å². The summed E-state index contributed by atoms with van der Waals surface area (Å²) in [4.78, 5) is 8.73. The van der Waals surface area contributed by atoms with Crippen molar-refractivity contribution in [3.8, 4) is 0 Å². The summed E-state index contributed by atoms with van der Waals surface area (Å²) in [6, 6.07) is 0. The van der Waals surface area contributed by atoms with Gasteiger partial charge in [0.1, 0.15) is 5.52 Å². The Balaban J connectivity index is 2.26. The van der Waals surface area contributed by atoms with E-state index in [1.165, 1.54) is 4.68 Å². The number of nitrogens with zero attached hydrogens (tertiary/aromatic N) is 4. The van der Waals surface area contributed by atoms with E-state index in [0.29, 0.717) is 23.7 Å². The minimum absolute atomic E-state index is 0.0348. The van der Waals surface area contributed by atoms with E-state index in [-0.39, 0.29) is 6.54 Å². The van der Waals surface area contributed by atoms with Crippen molar-refractivity contribution in [3.63, 3.8) is 0 Å². The maximum atomic E-state index is 13.4. The van der Waals surface area contributed by atoms with E-state index in [0.717, 1.165) is 5.69 Å². The standard InChI is InChI=1S/C12H17FN4O/c1-4-18-11(13)7-17-12-10(6-15-17)16-9(5-14-12)8(2)3/h5-6,8,11H,4,7H2,1-3H3. The molecule has 0 N–H and O–H groups in total. The first-order valence-electron chi connectivity index (χ1n) is 6.06. The highest BCUT2D eigenvalue weighted by Crippen LogP contribution is 2.15. The van der Waals surface area contributed by atoms with E-state index in [1.807, 2.05) is 13.8 Å². The summed E-state index contributed by atoms with van der Waals surface area (Å²) in [5, 5.41) is 4.09. The SMILES string of the molecule is CCOC(F)Cn1ncc2nc(C(C)C)cnc21. The zero-order chi connectivity index (χ0) is 13.1. The molecule has 1 unspecified atom stereocenters. The summed E-state index contributed by atoms with van der Waals surface area (Å²) in [7, 11) is 0. The molecule has 1 atom stereocenters. The van der Waals surface area contributed by atoms with Gasteiger partial charge in [0.05, 0.1) is 24.6 Å². The molecule has 0 saturated carbocycles. The zero-order valence-electron chi connectivity index (χ0n) is 10.8. The number of halogens is 1. The lowest BCUT2D eigenvalue weighted by Gasteiger charge is -2.08. The third-order valence-electron chi connectivity index (χ3n) is 2.62. The van der Waals surface area contributed by atoms with Crippen molar-refractivity contribution in [2.45, 2.75) is 39.6 Å². The molecule has 0 aliphatic heterocycles. The third-order valence-corrected chi connectivity index (χ3v) is 2.62. The Kier molecular flexibility index (Phi) is 3.86.